The maximum atomic E-state index is 12.5. The van der Waals surface area contributed by atoms with E-state index < -0.39 is 0 Å². The summed E-state index contributed by atoms with van der Waals surface area (Å²) in [6.45, 7) is 3.30. The van der Waals surface area contributed by atoms with Gasteiger partial charge in [0.25, 0.3) is 5.91 Å². The molecule has 5 heterocycles. The SMILES string of the molecule is O=C(Nc1cnc(N2CCN(c3ccccn3)CC2)nc1)c1ccc(-n2ccnc2)nc1. The maximum Gasteiger partial charge on any atom is 0.257 e. The molecule has 0 aliphatic carbocycles. The van der Waals surface area contributed by atoms with Crippen molar-refractivity contribution in [2.75, 3.05) is 41.3 Å². The van der Waals surface area contributed by atoms with Gasteiger partial charge in [0.15, 0.2) is 0 Å². The molecule has 5 rings (SSSR count). The fraction of sp³-hybridized carbons (Fsp3) is 0.182. The lowest BCUT2D eigenvalue weighted by Gasteiger charge is -2.35. The Bertz CT molecular complexity index is 1150. The van der Waals surface area contributed by atoms with E-state index in [9.17, 15) is 4.79 Å². The van der Waals surface area contributed by atoms with E-state index >= 15 is 0 Å². The van der Waals surface area contributed by atoms with Gasteiger partial charge >= 0.3 is 0 Å². The van der Waals surface area contributed by atoms with Crippen molar-refractivity contribution in [2.24, 2.45) is 0 Å². The molecule has 1 aliphatic heterocycles. The minimum absolute atomic E-state index is 0.269. The monoisotopic (exact) mass is 427 g/mol. The highest BCUT2D eigenvalue weighted by Crippen LogP contribution is 2.17. The van der Waals surface area contributed by atoms with E-state index in [0.717, 1.165) is 32.0 Å². The first-order valence-electron chi connectivity index (χ1n) is 10.2. The van der Waals surface area contributed by atoms with Gasteiger partial charge < -0.3 is 15.1 Å². The van der Waals surface area contributed by atoms with Crippen molar-refractivity contribution in [3.8, 4) is 5.82 Å². The van der Waals surface area contributed by atoms with Crippen LogP contribution in [0.1, 0.15) is 10.4 Å². The van der Waals surface area contributed by atoms with Crippen LogP contribution in [-0.4, -0.2) is 61.6 Å². The lowest BCUT2D eigenvalue weighted by Crippen LogP contribution is -2.47. The predicted octanol–water partition coefficient (Wildman–Crippen LogP) is 2.03. The first-order valence-corrected chi connectivity index (χ1v) is 10.2. The van der Waals surface area contributed by atoms with Crippen LogP contribution in [0, 0.1) is 0 Å². The van der Waals surface area contributed by atoms with Crippen LogP contribution in [0.5, 0.6) is 0 Å². The van der Waals surface area contributed by atoms with Crippen LogP contribution < -0.4 is 15.1 Å². The summed E-state index contributed by atoms with van der Waals surface area (Å²) < 4.78 is 1.77. The molecule has 10 nitrogen and oxygen atoms in total. The molecule has 1 aliphatic rings. The van der Waals surface area contributed by atoms with Crippen LogP contribution >= 0.6 is 0 Å². The van der Waals surface area contributed by atoms with E-state index in [1.54, 1.807) is 47.8 Å². The van der Waals surface area contributed by atoms with E-state index in [0.29, 0.717) is 23.0 Å². The molecule has 4 aromatic rings. The van der Waals surface area contributed by atoms with Crippen LogP contribution in [0.4, 0.5) is 17.5 Å². The van der Waals surface area contributed by atoms with Crippen LogP contribution in [0.3, 0.4) is 0 Å². The third-order valence-electron chi connectivity index (χ3n) is 5.21. The average molecular weight is 427 g/mol. The zero-order valence-corrected chi connectivity index (χ0v) is 17.2. The number of amides is 1. The van der Waals surface area contributed by atoms with Gasteiger partial charge in [0.05, 0.1) is 23.6 Å². The Morgan fingerprint density at radius 3 is 2.28 bits per heavy atom. The standard InChI is InChI=1S/C22H21N9O/c32-21(17-4-5-20(25-13-17)31-8-7-23-16-31)28-18-14-26-22(27-15-18)30-11-9-29(10-12-30)19-3-1-2-6-24-19/h1-8,13-16H,9-12H2,(H,28,32). The first-order chi connectivity index (χ1) is 15.8. The lowest BCUT2D eigenvalue weighted by molar-refractivity contribution is 0.102. The topological polar surface area (TPSA) is 105 Å². The summed E-state index contributed by atoms with van der Waals surface area (Å²) in [5, 5.41) is 2.81. The minimum atomic E-state index is -0.269. The van der Waals surface area contributed by atoms with E-state index in [2.05, 4.69) is 40.0 Å². The minimum Gasteiger partial charge on any atom is -0.353 e. The number of hydrogen-bond donors (Lipinski definition) is 1. The largest absolute Gasteiger partial charge is 0.353 e. The fourth-order valence-corrected chi connectivity index (χ4v) is 3.50. The second kappa shape index (κ2) is 8.80. The number of nitrogens with zero attached hydrogens (tertiary/aromatic N) is 8. The molecule has 0 saturated carbocycles. The van der Waals surface area contributed by atoms with E-state index in [4.69, 9.17) is 0 Å². The van der Waals surface area contributed by atoms with Gasteiger partial charge in [0.1, 0.15) is 18.0 Å². The Hall–Kier alpha value is -4.34. The normalized spacial score (nSPS) is 13.8. The molecule has 0 aromatic carbocycles. The number of nitrogens with one attached hydrogen (secondary N) is 1. The third-order valence-corrected chi connectivity index (χ3v) is 5.21. The Labute approximate surface area is 184 Å². The van der Waals surface area contributed by atoms with Gasteiger partial charge in [-0.2, -0.15) is 0 Å². The highest BCUT2D eigenvalue weighted by molar-refractivity contribution is 6.03. The molecule has 0 unspecified atom stereocenters. The van der Waals surface area contributed by atoms with E-state index in [1.165, 1.54) is 6.20 Å². The second-order valence-electron chi connectivity index (χ2n) is 7.26. The van der Waals surface area contributed by atoms with Gasteiger partial charge in [-0.1, -0.05) is 6.07 Å². The number of hydrogen-bond acceptors (Lipinski definition) is 8. The number of imidazole rings is 1. The molecule has 32 heavy (non-hydrogen) atoms. The van der Waals surface area contributed by atoms with Crippen molar-refractivity contribution in [3.05, 3.63) is 79.4 Å². The molecular weight excluding hydrogens is 406 g/mol. The number of carbonyl (C=O) groups excluding carboxylic acids is 1. The molecule has 10 heteroatoms. The summed E-state index contributed by atoms with van der Waals surface area (Å²) in [6, 6.07) is 9.41. The summed E-state index contributed by atoms with van der Waals surface area (Å²) in [7, 11) is 0. The van der Waals surface area contributed by atoms with Gasteiger partial charge in [0.2, 0.25) is 5.95 Å². The van der Waals surface area contributed by atoms with Crippen molar-refractivity contribution in [3.63, 3.8) is 0 Å². The number of pyridine rings is 2. The van der Waals surface area contributed by atoms with Gasteiger partial charge in [-0.15, -0.1) is 0 Å². The number of rotatable bonds is 5. The third kappa shape index (κ3) is 4.24. The van der Waals surface area contributed by atoms with E-state index in [-0.39, 0.29) is 5.91 Å². The zero-order chi connectivity index (χ0) is 21.8. The molecule has 0 radical (unpaired) electrons. The molecule has 160 valence electrons. The second-order valence-corrected chi connectivity index (χ2v) is 7.26. The summed E-state index contributed by atoms with van der Waals surface area (Å²) in [5.41, 5.74) is 0.980. The lowest BCUT2D eigenvalue weighted by atomic mass is 10.2. The quantitative estimate of drug-likeness (QED) is 0.516. The molecule has 0 bridgehead atoms. The van der Waals surface area contributed by atoms with Crippen LogP contribution in [0.15, 0.2) is 73.8 Å². The van der Waals surface area contributed by atoms with Crippen molar-refractivity contribution in [1.82, 2.24) is 29.5 Å². The van der Waals surface area contributed by atoms with Crippen LogP contribution in [0.2, 0.25) is 0 Å². The van der Waals surface area contributed by atoms with Gasteiger partial charge in [0, 0.05) is 51.0 Å². The van der Waals surface area contributed by atoms with Crippen molar-refractivity contribution in [1.29, 1.82) is 0 Å². The zero-order valence-electron chi connectivity index (χ0n) is 17.2. The maximum absolute atomic E-state index is 12.5. The predicted molar refractivity (Wildman–Crippen MR) is 120 cm³/mol. The van der Waals surface area contributed by atoms with Crippen molar-refractivity contribution < 1.29 is 4.79 Å². The Balaban J connectivity index is 1.18. The Morgan fingerprint density at radius 1 is 0.812 bits per heavy atom. The fourth-order valence-electron chi connectivity index (χ4n) is 3.50. The summed E-state index contributed by atoms with van der Waals surface area (Å²) in [5.74, 6) is 2.05. The summed E-state index contributed by atoms with van der Waals surface area (Å²) in [6.07, 6.45) is 11.7. The number of anilines is 3. The highest BCUT2D eigenvalue weighted by Gasteiger charge is 2.20. The highest BCUT2D eigenvalue weighted by atomic mass is 16.1. The number of aromatic nitrogens is 6. The van der Waals surface area contributed by atoms with Crippen molar-refractivity contribution in [2.45, 2.75) is 0 Å². The smallest absolute Gasteiger partial charge is 0.257 e. The average Bonchev–Trinajstić information content (AvgIpc) is 3.40. The molecule has 1 fully saturated rings. The Morgan fingerprint density at radius 2 is 1.62 bits per heavy atom. The number of piperazine rings is 1. The molecule has 1 amide bonds. The molecule has 1 saturated heterocycles. The van der Waals surface area contributed by atoms with Crippen molar-refractivity contribution >= 4 is 23.4 Å². The molecular formula is C22H21N9O. The van der Waals surface area contributed by atoms with Gasteiger partial charge in [-0.05, 0) is 24.3 Å². The van der Waals surface area contributed by atoms with Crippen LogP contribution in [0.25, 0.3) is 5.82 Å². The molecule has 0 spiro atoms. The van der Waals surface area contributed by atoms with Gasteiger partial charge in [-0.25, -0.2) is 24.9 Å². The summed E-state index contributed by atoms with van der Waals surface area (Å²) >= 11 is 0. The Kier molecular flexibility index (Phi) is 5.39. The summed E-state index contributed by atoms with van der Waals surface area (Å²) in [4.78, 5) is 38.5. The molecule has 4 aromatic heterocycles. The van der Waals surface area contributed by atoms with Gasteiger partial charge in [-0.3, -0.25) is 9.36 Å². The molecule has 0 atom stereocenters. The van der Waals surface area contributed by atoms with Crippen LogP contribution in [-0.2, 0) is 0 Å². The van der Waals surface area contributed by atoms with E-state index in [1.807, 2.05) is 24.4 Å². The number of carbonyl (C=O) groups is 1. The molecule has 1 N–H and O–H groups in total. The first kappa shape index (κ1) is 19.6.